The highest BCUT2D eigenvalue weighted by Gasteiger charge is 2.27. The third-order valence-corrected chi connectivity index (χ3v) is 4.96. The van der Waals surface area contributed by atoms with Crippen molar-refractivity contribution < 1.29 is 0 Å². The van der Waals surface area contributed by atoms with Gasteiger partial charge in [0.25, 0.3) is 0 Å². The first kappa shape index (κ1) is 12.4. The fourth-order valence-corrected chi connectivity index (χ4v) is 4.04. The number of nitrogens with two attached hydrogens (primary N) is 1. The zero-order valence-electron chi connectivity index (χ0n) is 10.8. The van der Waals surface area contributed by atoms with Crippen LogP contribution in [0.25, 0.3) is 0 Å². The molecule has 2 N–H and O–H groups in total. The fourth-order valence-electron chi connectivity index (χ4n) is 4.04. The molecule has 0 spiro atoms. The van der Waals surface area contributed by atoms with Crippen LogP contribution in [0, 0.1) is 17.8 Å². The number of rotatable bonds is 4. The molecule has 16 heavy (non-hydrogen) atoms. The summed E-state index contributed by atoms with van der Waals surface area (Å²) in [6, 6.07) is 0. The Balaban J connectivity index is 1.80. The molecule has 0 aromatic heterocycles. The maximum atomic E-state index is 5.75. The van der Waals surface area contributed by atoms with Gasteiger partial charge < -0.3 is 5.73 Å². The lowest BCUT2D eigenvalue weighted by molar-refractivity contribution is 0.170. The summed E-state index contributed by atoms with van der Waals surface area (Å²) in [6.45, 7) is 0.909. The summed E-state index contributed by atoms with van der Waals surface area (Å²) >= 11 is 0. The van der Waals surface area contributed by atoms with Gasteiger partial charge in [-0.05, 0) is 37.1 Å². The van der Waals surface area contributed by atoms with E-state index in [-0.39, 0.29) is 0 Å². The van der Waals surface area contributed by atoms with E-state index in [1.807, 2.05) is 0 Å². The van der Waals surface area contributed by atoms with E-state index >= 15 is 0 Å². The average molecular weight is 223 g/mol. The van der Waals surface area contributed by atoms with Crippen molar-refractivity contribution in [3.63, 3.8) is 0 Å². The van der Waals surface area contributed by atoms with Crippen molar-refractivity contribution in [2.75, 3.05) is 6.54 Å². The highest BCUT2D eigenvalue weighted by molar-refractivity contribution is 4.79. The Kier molecular flexibility index (Phi) is 5.15. The standard InChI is InChI=1S/C15H29N/c16-11-10-14-8-4-5-9-15(14)12-13-6-2-1-3-7-13/h13-15H,1-12,16H2. The molecule has 0 heterocycles. The summed E-state index contributed by atoms with van der Waals surface area (Å²) in [5, 5.41) is 0. The topological polar surface area (TPSA) is 26.0 Å². The molecule has 2 rings (SSSR count). The minimum absolute atomic E-state index is 0.909. The van der Waals surface area contributed by atoms with E-state index in [1.165, 1.54) is 70.6 Å². The van der Waals surface area contributed by atoms with E-state index in [0.717, 1.165) is 24.3 Å². The van der Waals surface area contributed by atoms with Crippen LogP contribution < -0.4 is 5.73 Å². The Hall–Kier alpha value is -0.0400. The second-order valence-electron chi connectivity index (χ2n) is 6.12. The van der Waals surface area contributed by atoms with Gasteiger partial charge in [0.2, 0.25) is 0 Å². The molecule has 2 aliphatic carbocycles. The fraction of sp³-hybridized carbons (Fsp3) is 1.00. The summed E-state index contributed by atoms with van der Waals surface area (Å²) < 4.78 is 0. The maximum absolute atomic E-state index is 5.75. The van der Waals surface area contributed by atoms with Gasteiger partial charge in [0, 0.05) is 0 Å². The van der Waals surface area contributed by atoms with Crippen LogP contribution in [0.3, 0.4) is 0 Å². The van der Waals surface area contributed by atoms with Crippen LogP contribution in [0.2, 0.25) is 0 Å². The van der Waals surface area contributed by atoms with Gasteiger partial charge in [0.05, 0.1) is 0 Å². The van der Waals surface area contributed by atoms with Crippen molar-refractivity contribution in [1.29, 1.82) is 0 Å². The summed E-state index contributed by atoms with van der Waals surface area (Å²) in [7, 11) is 0. The van der Waals surface area contributed by atoms with E-state index in [9.17, 15) is 0 Å². The molecule has 2 atom stereocenters. The van der Waals surface area contributed by atoms with E-state index in [0.29, 0.717) is 0 Å². The van der Waals surface area contributed by atoms with E-state index in [4.69, 9.17) is 5.73 Å². The zero-order valence-corrected chi connectivity index (χ0v) is 10.8. The molecule has 2 fully saturated rings. The summed E-state index contributed by atoms with van der Waals surface area (Å²) in [4.78, 5) is 0. The third-order valence-electron chi connectivity index (χ3n) is 4.96. The predicted molar refractivity (Wildman–Crippen MR) is 70.3 cm³/mol. The average Bonchev–Trinajstić information content (AvgIpc) is 2.33. The lowest BCUT2D eigenvalue weighted by Gasteiger charge is -2.35. The summed E-state index contributed by atoms with van der Waals surface area (Å²) in [6.07, 6.45) is 16.3. The molecule has 0 aromatic rings. The zero-order chi connectivity index (χ0) is 11.2. The van der Waals surface area contributed by atoms with Gasteiger partial charge >= 0.3 is 0 Å². The van der Waals surface area contributed by atoms with Crippen LogP contribution in [0.4, 0.5) is 0 Å². The van der Waals surface area contributed by atoms with Gasteiger partial charge in [-0.2, -0.15) is 0 Å². The number of hydrogen-bond donors (Lipinski definition) is 1. The van der Waals surface area contributed by atoms with Crippen molar-refractivity contribution in [3.05, 3.63) is 0 Å². The largest absolute Gasteiger partial charge is 0.330 e. The van der Waals surface area contributed by atoms with Gasteiger partial charge in [0.1, 0.15) is 0 Å². The second kappa shape index (κ2) is 6.64. The Labute approximate surface area is 101 Å². The SMILES string of the molecule is NCCC1CCCCC1CC1CCCCC1. The third kappa shape index (κ3) is 3.48. The van der Waals surface area contributed by atoms with Gasteiger partial charge in [0.15, 0.2) is 0 Å². The van der Waals surface area contributed by atoms with Crippen molar-refractivity contribution in [3.8, 4) is 0 Å². The van der Waals surface area contributed by atoms with Crippen LogP contribution in [0.1, 0.15) is 70.6 Å². The van der Waals surface area contributed by atoms with Crippen molar-refractivity contribution in [1.82, 2.24) is 0 Å². The molecular formula is C15H29N. The van der Waals surface area contributed by atoms with Crippen molar-refractivity contribution in [2.24, 2.45) is 23.5 Å². The maximum Gasteiger partial charge on any atom is -0.00745 e. The minimum Gasteiger partial charge on any atom is -0.330 e. The molecule has 94 valence electrons. The molecule has 2 aliphatic rings. The number of hydrogen-bond acceptors (Lipinski definition) is 1. The van der Waals surface area contributed by atoms with Crippen molar-refractivity contribution >= 4 is 0 Å². The Morgan fingerprint density at radius 1 is 0.750 bits per heavy atom. The molecule has 1 nitrogen and oxygen atoms in total. The lowest BCUT2D eigenvalue weighted by atomic mass is 9.71. The van der Waals surface area contributed by atoms with Crippen LogP contribution in [0.5, 0.6) is 0 Å². The highest BCUT2D eigenvalue weighted by Crippen LogP contribution is 2.39. The normalized spacial score (nSPS) is 32.8. The van der Waals surface area contributed by atoms with E-state index < -0.39 is 0 Å². The predicted octanol–water partition coefficient (Wildman–Crippen LogP) is 4.11. The van der Waals surface area contributed by atoms with Gasteiger partial charge in [-0.25, -0.2) is 0 Å². The molecule has 0 bridgehead atoms. The van der Waals surface area contributed by atoms with Gasteiger partial charge in [-0.15, -0.1) is 0 Å². The summed E-state index contributed by atoms with van der Waals surface area (Å²) in [5.74, 6) is 3.07. The highest BCUT2D eigenvalue weighted by atomic mass is 14.5. The van der Waals surface area contributed by atoms with E-state index in [1.54, 1.807) is 0 Å². The molecule has 1 heteroatoms. The molecule has 0 amide bonds. The van der Waals surface area contributed by atoms with Crippen LogP contribution in [0.15, 0.2) is 0 Å². The smallest absolute Gasteiger partial charge is 0.00745 e. The Bertz CT molecular complexity index is 182. The van der Waals surface area contributed by atoms with Crippen LogP contribution >= 0.6 is 0 Å². The first-order valence-electron chi connectivity index (χ1n) is 7.60. The monoisotopic (exact) mass is 223 g/mol. The minimum atomic E-state index is 0.909. The molecule has 0 radical (unpaired) electrons. The molecule has 0 saturated heterocycles. The summed E-state index contributed by atoms with van der Waals surface area (Å²) in [5.41, 5.74) is 5.75. The lowest BCUT2D eigenvalue weighted by Crippen LogP contribution is -2.25. The van der Waals surface area contributed by atoms with Crippen LogP contribution in [-0.2, 0) is 0 Å². The van der Waals surface area contributed by atoms with Crippen molar-refractivity contribution in [2.45, 2.75) is 70.6 Å². The first-order valence-corrected chi connectivity index (χ1v) is 7.60. The molecule has 2 saturated carbocycles. The molecule has 2 unspecified atom stereocenters. The Morgan fingerprint density at radius 2 is 1.38 bits per heavy atom. The Morgan fingerprint density at radius 3 is 2.06 bits per heavy atom. The van der Waals surface area contributed by atoms with E-state index in [2.05, 4.69) is 0 Å². The second-order valence-corrected chi connectivity index (χ2v) is 6.12. The van der Waals surface area contributed by atoms with Crippen LogP contribution in [-0.4, -0.2) is 6.54 Å². The first-order chi connectivity index (χ1) is 7.90. The molecule has 0 aromatic carbocycles. The molecule has 0 aliphatic heterocycles. The molecular weight excluding hydrogens is 194 g/mol. The van der Waals surface area contributed by atoms with Gasteiger partial charge in [-0.3, -0.25) is 0 Å². The van der Waals surface area contributed by atoms with Gasteiger partial charge in [-0.1, -0.05) is 57.8 Å². The quantitative estimate of drug-likeness (QED) is 0.762.